The molecule has 0 atom stereocenters. The Morgan fingerprint density at radius 2 is 1.52 bits per heavy atom. The molecule has 7 nitrogen and oxygen atoms in total. The molecule has 0 aromatic heterocycles. The van der Waals surface area contributed by atoms with Crippen LogP contribution in [0.1, 0.15) is 16.7 Å². The van der Waals surface area contributed by atoms with Gasteiger partial charge in [0.1, 0.15) is 0 Å². The van der Waals surface area contributed by atoms with Gasteiger partial charge < -0.3 is 20.1 Å². The van der Waals surface area contributed by atoms with Crippen LogP contribution in [0.5, 0.6) is 11.5 Å². The minimum Gasteiger partial charge on any atom is -0.493 e. The van der Waals surface area contributed by atoms with Gasteiger partial charge in [0.2, 0.25) is 15.7 Å². The first kappa shape index (κ1) is 24.1. The van der Waals surface area contributed by atoms with Gasteiger partial charge in [-0.15, -0.1) is 0 Å². The molecule has 0 radical (unpaired) electrons. The van der Waals surface area contributed by atoms with Gasteiger partial charge in [-0.25, -0.2) is 8.42 Å². The summed E-state index contributed by atoms with van der Waals surface area (Å²) in [6, 6.07) is 15.4. The van der Waals surface area contributed by atoms with Crippen LogP contribution in [0.2, 0.25) is 0 Å². The first-order valence-electron chi connectivity index (χ1n) is 10.3. The van der Waals surface area contributed by atoms with Gasteiger partial charge in [0.15, 0.2) is 11.5 Å². The largest absolute Gasteiger partial charge is 0.493 e. The molecule has 0 saturated carbocycles. The van der Waals surface area contributed by atoms with Gasteiger partial charge in [-0.1, -0.05) is 23.8 Å². The number of rotatable bonds is 8. The van der Waals surface area contributed by atoms with Crippen LogP contribution in [-0.2, 0) is 14.6 Å². The SMILES string of the molecule is COc1ccc(S(=O)(=O)c2c(C)cc(C)cc2NCC(=O)Nc2ccc(C)cc2)cc1OC. The predicted molar refractivity (Wildman–Crippen MR) is 129 cm³/mol. The van der Waals surface area contributed by atoms with E-state index in [4.69, 9.17) is 9.47 Å². The molecule has 33 heavy (non-hydrogen) atoms. The van der Waals surface area contributed by atoms with Crippen molar-refractivity contribution in [2.24, 2.45) is 0 Å². The molecule has 0 aliphatic carbocycles. The zero-order valence-corrected chi connectivity index (χ0v) is 20.2. The zero-order chi connectivity index (χ0) is 24.2. The number of methoxy groups -OCH3 is 2. The summed E-state index contributed by atoms with van der Waals surface area (Å²) in [5.41, 5.74) is 3.57. The van der Waals surface area contributed by atoms with E-state index in [9.17, 15) is 13.2 Å². The molecule has 3 aromatic carbocycles. The smallest absolute Gasteiger partial charge is 0.243 e. The maximum absolute atomic E-state index is 13.6. The summed E-state index contributed by atoms with van der Waals surface area (Å²) in [6.45, 7) is 5.48. The van der Waals surface area contributed by atoms with Gasteiger partial charge in [0.25, 0.3) is 0 Å². The third-order valence-electron chi connectivity index (χ3n) is 5.13. The normalized spacial score (nSPS) is 11.1. The molecule has 0 unspecified atom stereocenters. The van der Waals surface area contributed by atoms with Crippen LogP contribution in [0.15, 0.2) is 64.4 Å². The van der Waals surface area contributed by atoms with Crippen LogP contribution in [-0.4, -0.2) is 35.1 Å². The Kier molecular flexibility index (Phi) is 7.28. The highest BCUT2D eigenvalue weighted by molar-refractivity contribution is 7.91. The molecule has 3 rings (SSSR count). The van der Waals surface area contributed by atoms with Gasteiger partial charge in [0.05, 0.1) is 36.2 Å². The maximum atomic E-state index is 13.6. The van der Waals surface area contributed by atoms with Gasteiger partial charge in [0, 0.05) is 11.8 Å². The van der Waals surface area contributed by atoms with E-state index in [-0.39, 0.29) is 22.2 Å². The molecule has 1 amide bonds. The lowest BCUT2D eigenvalue weighted by atomic mass is 10.1. The number of amides is 1. The Balaban J connectivity index is 1.91. The molecular formula is C25H28N2O5S. The summed E-state index contributed by atoms with van der Waals surface area (Å²) in [7, 11) is -0.981. The number of anilines is 2. The third-order valence-corrected chi connectivity index (χ3v) is 7.08. The van der Waals surface area contributed by atoms with Gasteiger partial charge in [-0.2, -0.15) is 0 Å². The number of sulfone groups is 1. The standard InChI is InChI=1S/C25H28N2O5S/c1-16-6-8-19(9-7-16)27-24(28)15-26-21-13-17(2)12-18(3)25(21)33(29,30)20-10-11-22(31-4)23(14-20)32-5/h6-14,26H,15H2,1-5H3,(H,27,28). The molecule has 0 bridgehead atoms. The Hall–Kier alpha value is -3.52. The monoisotopic (exact) mass is 468 g/mol. The van der Waals surface area contributed by atoms with Crippen molar-refractivity contribution < 1.29 is 22.7 Å². The number of carbonyl (C=O) groups excluding carboxylic acids is 1. The fourth-order valence-electron chi connectivity index (χ4n) is 3.56. The average Bonchev–Trinajstić information content (AvgIpc) is 2.78. The highest BCUT2D eigenvalue weighted by Gasteiger charge is 2.26. The number of aryl methyl sites for hydroxylation is 3. The predicted octanol–water partition coefficient (Wildman–Crippen LogP) is 4.51. The summed E-state index contributed by atoms with van der Waals surface area (Å²) in [6.07, 6.45) is 0. The molecule has 0 aliphatic rings. The van der Waals surface area contributed by atoms with E-state index in [0.29, 0.717) is 28.4 Å². The van der Waals surface area contributed by atoms with Gasteiger partial charge >= 0.3 is 0 Å². The van der Waals surface area contributed by atoms with E-state index in [2.05, 4.69) is 10.6 Å². The molecule has 0 heterocycles. The molecule has 0 spiro atoms. The number of ether oxygens (including phenoxy) is 2. The molecule has 0 saturated heterocycles. The van der Waals surface area contributed by atoms with Crippen molar-refractivity contribution in [2.45, 2.75) is 30.6 Å². The molecule has 0 fully saturated rings. The maximum Gasteiger partial charge on any atom is 0.243 e. The van der Waals surface area contributed by atoms with Crippen LogP contribution < -0.4 is 20.1 Å². The fraction of sp³-hybridized carbons (Fsp3) is 0.240. The molecule has 3 aromatic rings. The minimum absolute atomic E-state index is 0.0688. The first-order chi connectivity index (χ1) is 15.6. The van der Waals surface area contributed by atoms with Crippen molar-refractivity contribution in [1.29, 1.82) is 0 Å². The summed E-state index contributed by atoms with van der Waals surface area (Å²) in [5.74, 6) is 0.464. The quantitative estimate of drug-likeness (QED) is 0.505. The van der Waals surface area contributed by atoms with Gasteiger partial charge in [-0.3, -0.25) is 4.79 Å². The van der Waals surface area contributed by atoms with E-state index >= 15 is 0 Å². The minimum atomic E-state index is -3.92. The molecule has 2 N–H and O–H groups in total. The fourth-order valence-corrected chi connectivity index (χ4v) is 5.21. The van der Waals surface area contributed by atoms with E-state index in [0.717, 1.165) is 11.1 Å². The highest BCUT2D eigenvalue weighted by Crippen LogP contribution is 2.36. The van der Waals surface area contributed by atoms with Crippen molar-refractivity contribution >= 4 is 27.1 Å². The highest BCUT2D eigenvalue weighted by atomic mass is 32.2. The Labute approximate surface area is 194 Å². The number of benzene rings is 3. The number of nitrogens with one attached hydrogen (secondary N) is 2. The second kappa shape index (κ2) is 9.95. The molecule has 0 aliphatic heterocycles. The van der Waals surface area contributed by atoms with E-state index < -0.39 is 9.84 Å². The van der Waals surface area contributed by atoms with Crippen molar-refractivity contribution in [3.8, 4) is 11.5 Å². The Bertz CT molecular complexity index is 1270. The van der Waals surface area contributed by atoms with Crippen LogP contribution >= 0.6 is 0 Å². The summed E-state index contributed by atoms with van der Waals surface area (Å²) in [5, 5.41) is 5.81. The zero-order valence-electron chi connectivity index (χ0n) is 19.4. The van der Waals surface area contributed by atoms with E-state index in [1.165, 1.54) is 26.4 Å². The number of carbonyl (C=O) groups is 1. The lowest BCUT2D eigenvalue weighted by molar-refractivity contribution is -0.114. The van der Waals surface area contributed by atoms with Crippen LogP contribution in [0.25, 0.3) is 0 Å². The van der Waals surface area contributed by atoms with E-state index in [1.807, 2.05) is 38.1 Å². The van der Waals surface area contributed by atoms with Crippen molar-refractivity contribution in [2.75, 3.05) is 31.4 Å². The summed E-state index contributed by atoms with van der Waals surface area (Å²) >= 11 is 0. The molecular weight excluding hydrogens is 440 g/mol. The Morgan fingerprint density at radius 1 is 0.848 bits per heavy atom. The van der Waals surface area contributed by atoms with Crippen LogP contribution in [0, 0.1) is 20.8 Å². The Morgan fingerprint density at radius 3 is 2.15 bits per heavy atom. The van der Waals surface area contributed by atoms with Crippen molar-refractivity contribution in [1.82, 2.24) is 0 Å². The topological polar surface area (TPSA) is 93.7 Å². The lowest BCUT2D eigenvalue weighted by Crippen LogP contribution is -2.23. The summed E-state index contributed by atoms with van der Waals surface area (Å²) in [4.78, 5) is 12.7. The third kappa shape index (κ3) is 5.46. The second-order valence-corrected chi connectivity index (χ2v) is 9.63. The van der Waals surface area contributed by atoms with Gasteiger partial charge in [-0.05, 0) is 62.2 Å². The molecule has 8 heteroatoms. The number of hydrogen-bond donors (Lipinski definition) is 2. The van der Waals surface area contributed by atoms with E-state index in [1.54, 1.807) is 25.1 Å². The van der Waals surface area contributed by atoms with Crippen molar-refractivity contribution in [3.63, 3.8) is 0 Å². The lowest BCUT2D eigenvalue weighted by Gasteiger charge is -2.17. The molecule has 174 valence electrons. The first-order valence-corrected chi connectivity index (χ1v) is 11.8. The number of hydrogen-bond acceptors (Lipinski definition) is 6. The van der Waals surface area contributed by atoms with Crippen LogP contribution in [0.3, 0.4) is 0 Å². The second-order valence-electron chi connectivity index (χ2n) is 7.75. The summed E-state index contributed by atoms with van der Waals surface area (Å²) < 4.78 is 37.7. The van der Waals surface area contributed by atoms with Crippen LogP contribution in [0.4, 0.5) is 11.4 Å². The average molecular weight is 469 g/mol. The van der Waals surface area contributed by atoms with Crippen molar-refractivity contribution in [3.05, 3.63) is 71.3 Å².